The zero-order chi connectivity index (χ0) is 15.6. The van der Waals surface area contributed by atoms with Crippen LogP contribution in [0.25, 0.3) is 0 Å². The van der Waals surface area contributed by atoms with Crippen LogP contribution in [0.5, 0.6) is 5.75 Å². The van der Waals surface area contributed by atoms with E-state index in [0.29, 0.717) is 12.5 Å². The number of urea groups is 1. The molecular formula is C15H20N2O4. The molecule has 2 rings (SSSR count). The van der Waals surface area contributed by atoms with Crippen molar-refractivity contribution in [3.63, 3.8) is 0 Å². The van der Waals surface area contributed by atoms with Crippen LogP contribution >= 0.6 is 0 Å². The number of nitrogens with zero attached hydrogens (tertiary/aromatic N) is 1. The van der Waals surface area contributed by atoms with Gasteiger partial charge in [-0.25, -0.2) is 9.59 Å². The smallest absolute Gasteiger partial charge is 0.337 e. The van der Waals surface area contributed by atoms with E-state index in [1.54, 1.807) is 4.90 Å². The van der Waals surface area contributed by atoms with Gasteiger partial charge in [-0.2, -0.15) is 0 Å². The Kier molecular flexibility index (Phi) is 4.35. The molecule has 1 aromatic rings. The average molecular weight is 292 g/mol. The molecule has 21 heavy (non-hydrogen) atoms. The fourth-order valence-corrected chi connectivity index (χ4v) is 2.58. The van der Waals surface area contributed by atoms with Crippen molar-refractivity contribution < 1.29 is 19.8 Å². The van der Waals surface area contributed by atoms with Crippen molar-refractivity contribution in [1.29, 1.82) is 0 Å². The minimum atomic E-state index is -1.19. The first-order valence-electron chi connectivity index (χ1n) is 7.02. The highest BCUT2D eigenvalue weighted by atomic mass is 16.4. The number of carbonyl (C=O) groups excluding carboxylic acids is 1. The van der Waals surface area contributed by atoms with Crippen LogP contribution in [0.1, 0.15) is 37.0 Å². The summed E-state index contributed by atoms with van der Waals surface area (Å²) in [4.78, 5) is 25.2. The monoisotopic (exact) mass is 292 g/mol. The standard InChI is InChI=1S/C15H20N2O4/c1-9-3-4-10(2)17(8-9)15(21)16-13-6-5-11(18)7-12(13)14(19)20/h5-7,9-10,18H,3-4,8H2,1-2H3,(H,16,21)(H,19,20). The van der Waals surface area contributed by atoms with Crippen LogP contribution in [0.15, 0.2) is 18.2 Å². The Morgan fingerprint density at radius 2 is 2.00 bits per heavy atom. The molecule has 0 aromatic heterocycles. The number of nitrogens with one attached hydrogen (secondary N) is 1. The fourth-order valence-electron chi connectivity index (χ4n) is 2.58. The number of likely N-dealkylation sites (tertiary alicyclic amines) is 1. The van der Waals surface area contributed by atoms with Crippen LogP contribution in [-0.4, -0.2) is 39.7 Å². The second-order valence-electron chi connectivity index (χ2n) is 5.65. The maximum absolute atomic E-state index is 12.3. The van der Waals surface area contributed by atoms with Crippen LogP contribution < -0.4 is 5.32 Å². The molecule has 6 heteroatoms. The van der Waals surface area contributed by atoms with E-state index in [0.717, 1.165) is 18.9 Å². The normalized spacial score (nSPS) is 21.9. The van der Waals surface area contributed by atoms with Gasteiger partial charge < -0.3 is 20.4 Å². The molecular weight excluding hydrogens is 272 g/mol. The Labute approximate surface area is 123 Å². The minimum absolute atomic E-state index is 0.124. The molecule has 0 radical (unpaired) electrons. The highest BCUT2D eigenvalue weighted by Gasteiger charge is 2.27. The molecule has 0 saturated carbocycles. The molecule has 2 atom stereocenters. The largest absolute Gasteiger partial charge is 0.508 e. The van der Waals surface area contributed by atoms with Gasteiger partial charge in [0, 0.05) is 12.6 Å². The van der Waals surface area contributed by atoms with Crippen molar-refractivity contribution in [1.82, 2.24) is 4.90 Å². The third-order valence-electron chi connectivity index (χ3n) is 3.85. The molecule has 1 saturated heterocycles. The summed E-state index contributed by atoms with van der Waals surface area (Å²) in [5, 5.41) is 21.1. The zero-order valence-corrected chi connectivity index (χ0v) is 12.2. The number of benzene rings is 1. The van der Waals surface area contributed by atoms with Gasteiger partial charge in [0.1, 0.15) is 5.75 Å². The molecule has 1 aromatic carbocycles. The van der Waals surface area contributed by atoms with Gasteiger partial charge in [-0.15, -0.1) is 0 Å². The number of aromatic carboxylic acids is 1. The summed E-state index contributed by atoms with van der Waals surface area (Å²) < 4.78 is 0. The molecule has 1 aliphatic heterocycles. The zero-order valence-electron chi connectivity index (χ0n) is 12.2. The van der Waals surface area contributed by atoms with Crippen molar-refractivity contribution in [2.75, 3.05) is 11.9 Å². The van der Waals surface area contributed by atoms with Crippen LogP contribution in [0, 0.1) is 5.92 Å². The number of amides is 2. The van der Waals surface area contributed by atoms with E-state index in [2.05, 4.69) is 12.2 Å². The van der Waals surface area contributed by atoms with E-state index in [1.165, 1.54) is 12.1 Å². The van der Waals surface area contributed by atoms with Gasteiger partial charge >= 0.3 is 12.0 Å². The van der Waals surface area contributed by atoms with Gasteiger partial charge in [0.2, 0.25) is 0 Å². The molecule has 2 unspecified atom stereocenters. The third kappa shape index (κ3) is 3.45. The maximum Gasteiger partial charge on any atom is 0.337 e. The summed E-state index contributed by atoms with van der Waals surface area (Å²) in [5.41, 5.74) is 0.0665. The molecule has 114 valence electrons. The first-order chi connectivity index (χ1) is 9.88. The maximum atomic E-state index is 12.3. The Morgan fingerprint density at radius 1 is 1.29 bits per heavy atom. The number of phenols is 1. The van der Waals surface area contributed by atoms with E-state index >= 15 is 0 Å². The first-order valence-corrected chi connectivity index (χ1v) is 7.02. The Balaban J connectivity index is 2.17. The van der Waals surface area contributed by atoms with Gasteiger partial charge in [-0.05, 0) is 43.9 Å². The van der Waals surface area contributed by atoms with Crippen molar-refractivity contribution in [3.8, 4) is 5.75 Å². The number of carbonyl (C=O) groups is 2. The summed E-state index contributed by atoms with van der Waals surface area (Å²) in [6.45, 7) is 4.74. The fraction of sp³-hybridized carbons (Fsp3) is 0.467. The topological polar surface area (TPSA) is 89.9 Å². The number of carboxylic acid groups (broad SMARTS) is 1. The lowest BCUT2D eigenvalue weighted by molar-refractivity contribution is 0.0697. The number of phenolic OH excluding ortho intramolecular Hbond substituents is 1. The summed E-state index contributed by atoms with van der Waals surface area (Å²) in [6.07, 6.45) is 2.03. The number of carboxylic acids is 1. The number of piperidine rings is 1. The van der Waals surface area contributed by atoms with Crippen LogP contribution in [0.4, 0.5) is 10.5 Å². The second-order valence-corrected chi connectivity index (χ2v) is 5.65. The molecule has 0 aliphatic carbocycles. The number of hydrogen-bond acceptors (Lipinski definition) is 3. The molecule has 0 bridgehead atoms. The lowest BCUT2D eigenvalue weighted by Crippen LogP contribution is -2.47. The Morgan fingerprint density at radius 3 is 2.67 bits per heavy atom. The van der Waals surface area contributed by atoms with E-state index in [1.807, 2.05) is 6.92 Å². The van der Waals surface area contributed by atoms with Crippen molar-refractivity contribution in [2.24, 2.45) is 5.92 Å². The van der Waals surface area contributed by atoms with Crippen molar-refractivity contribution in [2.45, 2.75) is 32.7 Å². The predicted octanol–water partition coefficient (Wildman–Crippen LogP) is 2.74. The van der Waals surface area contributed by atoms with Crippen LogP contribution in [0.3, 0.4) is 0 Å². The lowest BCUT2D eigenvalue weighted by atomic mass is 9.95. The second kappa shape index (κ2) is 6.03. The number of aromatic hydroxyl groups is 1. The molecule has 2 amide bonds. The molecule has 1 fully saturated rings. The number of rotatable bonds is 2. The van der Waals surface area contributed by atoms with E-state index < -0.39 is 5.97 Å². The molecule has 1 aliphatic rings. The summed E-state index contributed by atoms with van der Waals surface area (Å²) in [5.74, 6) is -0.905. The number of hydrogen-bond donors (Lipinski definition) is 3. The van der Waals surface area contributed by atoms with E-state index in [-0.39, 0.29) is 29.1 Å². The Hall–Kier alpha value is -2.24. The summed E-state index contributed by atoms with van der Waals surface area (Å²) >= 11 is 0. The van der Waals surface area contributed by atoms with Crippen molar-refractivity contribution in [3.05, 3.63) is 23.8 Å². The summed E-state index contributed by atoms with van der Waals surface area (Å²) in [6, 6.07) is 3.70. The quantitative estimate of drug-likeness (QED) is 0.731. The highest BCUT2D eigenvalue weighted by Crippen LogP contribution is 2.25. The van der Waals surface area contributed by atoms with E-state index in [4.69, 9.17) is 5.11 Å². The van der Waals surface area contributed by atoms with Gasteiger partial charge in [0.15, 0.2) is 0 Å². The summed E-state index contributed by atoms with van der Waals surface area (Å²) in [7, 11) is 0. The minimum Gasteiger partial charge on any atom is -0.508 e. The first kappa shape index (κ1) is 15.2. The lowest BCUT2D eigenvalue weighted by Gasteiger charge is -2.36. The highest BCUT2D eigenvalue weighted by molar-refractivity contribution is 6.00. The number of anilines is 1. The van der Waals surface area contributed by atoms with Crippen molar-refractivity contribution >= 4 is 17.7 Å². The van der Waals surface area contributed by atoms with Gasteiger partial charge in [-0.1, -0.05) is 6.92 Å². The third-order valence-corrected chi connectivity index (χ3v) is 3.85. The molecule has 1 heterocycles. The van der Waals surface area contributed by atoms with Crippen LogP contribution in [0.2, 0.25) is 0 Å². The van der Waals surface area contributed by atoms with E-state index in [9.17, 15) is 14.7 Å². The van der Waals surface area contributed by atoms with Gasteiger partial charge in [0.05, 0.1) is 11.3 Å². The van der Waals surface area contributed by atoms with Crippen LogP contribution in [-0.2, 0) is 0 Å². The van der Waals surface area contributed by atoms with Gasteiger partial charge in [0.25, 0.3) is 0 Å². The molecule has 0 spiro atoms. The van der Waals surface area contributed by atoms with Gasteiger partial charge in [-0.3, -0.25) is 0 Å². The molecule has 6 nitrogen and oxygen atoms in total. The Bertz CT molecular complexity index is 559. The molecule has 3 N–H and O–H groups in total. The predicted molar refractivity (Wildman–Crippen MR) is 78.7 cm³/mol. The average Bonchev–Trinajstić information content (AvgIpc) is 2.43. The SMILES string of the molecule is CC1CCC(C)N(C(=O)Nc2ccc(O)cc2C(=O)O)C1.